The minimum absolute atomic E-state index is 0.325. The van der Waals surface area contributed by atoms with Gasteiger partial charge in [0, 0.05) is 11.4 Å². The molecule has 0 heterocycles. The summed E-state index contributed by atoms with van der Waals surface area (Å²) in [5, 5.41) is 14.3. The van der Waals surface area contributed by atoms with Crippen molar-refractivity contribution in [3.05, 3.63) is 59.2 Å². The Hall–Kier alpha value is -2.80. The molecule has 2 amide bonds. The predicted molar refractivity (Wildman–Crippen MR) is 79.7 cm³/mol. The van der Waals surface area contributed by atoms with E-state index in [-0.39, 0.29) is 6.03 Å². The van der Waals surface area contributed by atoms with Gasteiger partial charge in [-0.15, -0.1) is 0 Å². The van der Waals surface area contributed by atoms with Gasteiger partial charge in [0.1, 0.15) is 0 Å². The minimum Gasteiger partial charge on any atom is -0.308 e. The molecular formula is C16H15N3O. The molecule has 0 fully saturated rings. The van der Waals surface area contributed by atoms with E-state index in [1.807, 2.05) is 38.1 Å². The van der Waals surface area contributed by atoms with Gasteiger partial charge in [-0.1, -0.05) is 18.2 Å². The molecule has 0 saturated heterocycles. The maximum absolute atomic E-state index is 11.9. The summed E-state index contributed by atoms with van der Waals surface area (Å²) in [6, 6.07) is 14.2. The zero-order valence-electron chi connectivity index (χ0n) is 11.4. The van der Waals surface area contributed by atoms with Gasteiger partial charge in [0.15, 0.2) is 0 Å². The number of carbonyl (C=O) groups excluding carboxylic acids is 1. The second kappa shape index (κ2) is 5.89. The van der Waals surface area contributed by atoms with Crippen molar-refractivity contribution < 1.29 is 4.79 Å². The molecule has 4 nitrogen and oxygen atoms in total. The number of urea groups is 1. The van der Waals surface area contributed by atoms with Crippen LogP contribution in [0.2, 0.25) is 0 Å². The summed E-state index contributed by atoms with van der Waals surface area (Å²) in [6.07, 6.45) is 0. The Bertz CT molecular complexity index is 686. The summed E-state index contributed by atoms with van der Waals surface area (Å²) in [7, 11) is 0. The van der Waals surface area contributed by atoms with Crippen LogP contribution in [0, 0.1) is 25.2 Å². The number of nitrogens with zero attached hydrogens (tertiary/aromatic N) is 1. The summed E-state index contributed by atoms with van der Waals surface area (Å²) in [5.74, 6) is 0. The first-order valence-electron chi connectivity index (χ1n) is 6.24. The van der Waals surface area contributed by atoms with Crippen LogP contribution in [0.3, 0.4) is 0 Å². The van der Waals surface area contributed by atoms with Crippen molar-refractivity contribution in [3.8, 4) is 6.07 Å². The monoisotopic (exact) mass is 265 g/mol. The second-order valence-electron chi connectivity index (χ2n) is 4.52. The number of hydrogen-bond acceptors (Lipinski definition) is 2. The van der Waals surface area contributed by atoms with Crippen LogP contribution in [0.15, 0.2) is 42.5 Å². The third-order valence-electron chi connectivity index (χ3n) is 3.10. The second-order valence-corrected chi connectivity index (χ2v) is 4.52. The maximum Gasteiger partial charge on any atom is 0.323 e. The molecule has 4 heteroatoms. The summed E-state index contributed by atoms with van der Waals surface area (Å²) < 4.78 is 0. The van der Waals surface area contributed by atoms with Gasteiger partial charge >= 0.3 is 6.03 Å². The molecule has 0 aliphatic carbocycles. The number of benzene rings is 2. The maximum atomic E-state index is 11.9. The SMILES string of the molecule is Cc1cccc(NC(=O)Nc2cccc(C#N)c2)c1C. The Labute approximate surface area is 118 Å². The van der Waals surface area contributed by atoms with Crippen LogP contribution in [0.1, 0.15) is 16.7 Å². The fraction of sp³-hybridized carbons (Fsp3) is 0.125. The molecule has 0 saturated carbocycles. The molecule has 0 aromatic heterocycles. The normalized spacial score (nSPS) is 9.65. The molecule has 0 radical (unpaired) electrons. The van der Waals surface area contributed by atoms with E-state index in [9.17, 15) is 4.79 Å². The molecule has 0 unspecified atom stereocenters. The molecular weight excluding hydrogens is 250 g/mol. The lowest BCUT2D eigenvalue weighted by molar-refractivity contribution is 0.262. The average molecular weight is 265 g/mol. The van der Waals surface area contributed by atoms with Crippen LogP contribution < -0.4 is 10.6 Å². The van der Waals surface area contributed by atoms with Crippen LogP contribution in [-0.4, -0.2) is 6.03 Å². The van der Waals surface area contributed by atoms with Crippen LogP contribution in [0.25, 0.3) is 0 Å². The summed E-state index contributed by atoms with van der Waals surface area (Å²) in [4.78, 5) is 11.9. The average Bonchev–Trinajstić information content (AvgIpc) is 2.44. The molecule has 2 aromatic rings. The highest BCUT2D eigenvalue weighted by atomic mass is 16.2. The summed E-state index contributed by atoms with van der Waals surface area (Å²) >= 11 is 0. The molecule has 2 N–H and O–H groups in total. The van der Waals surface area contributed by atoms with E-state index < -0.39 is 0 Å². The number of carbonyl (C=O) groups is 1. The van der Waals surface area contributed by atoms with E-state index in [1.54, 1.807) is 24.3 Å². The Morgan fingerprint density at radius 3 is 2.60 bits per heavy atom. The van der Waals surface area contributed by atoms with Crippen molar-refractivity contribution in [2.45, 2.75) is 13.8 Å². The lowest BCUT2D eigenvalue weighted by atomic mass is 10.1. The molecule has 20 heavy (non-hydrogen) atoms. The van der Waals surface area contributed by atoms with Gasteiger partial charge in [-0.05, 0) is 49.2 Å². The largest absolute Gasteiger partial charge is 0.323 e. The lowest BCUT2D eigenvalue weighted by Gasteiger charge is -2.11. The van der Waals surface area contributed by atoms with Crippen molar-refractivity contribution in [1.82, 2.24) is 0 Å². The van der Waals surface area contributed by atoms with Crippen molar-refractivity contribution in [3.63, 3.8) is 0 Å². The number of anilines is 2. The Kier molecular flexibility index (Phi) is 4.02. The van der Waals surface area contributed by atoms with Crippen molar-refractivity contribution in [2.24, 2.45) is 0 Å². The van der Waals surface area contributed by atoms with Gasteiger partial charge in [-0.3, -0.25) is 0 Å². The molecule has 2 aromatic carbocycles. The number of rotatable bonds is 2. The van der Waals surface area contributed by atoms with Gasteiger partial charge in [0.2, 0.25) is 0 Å². The molecule has 100 valence electrons. The zero-order valence-corrected chi connectivity index (χ0v) is 11.4. The summed E-state index contributed by atoms with van der Waals surface area (Å²) in [5.41, 5.74) is 4.03. The topological polar surface area (TPSA) is 64.9 Å². The van der Waals surface area contributed by atoms with Crippen molar-refractivity contribution in [1.29, 1.82) is 5.26 Å². The third kappa shape index (κ3) is 3.15. The quantitative estimate of drug-likeness (QED) is 0.866. The van der Waals surface area contributed by atoms with E-state index >= 15 is 0 Å². The smallest absolute Gasteiger partial charge is 0.308 e. The van der Waals surface area contributed by atoms with Gasteiger partial charge in [-0.2, -0.15) is 5.26 Å². The van der Waals surface area contributed by atoms with Crippen LogP contribution >= 0.6 is 0 Å². The molecule has 0 spiro atoms. The fourth-order valence-electron chi connectivity index (χ4n) is 1.84. The fourth-order valence-corrected chi connectivity index (χ4v) is 1.84. The van der Waals surface area contributed by atoms with E-state index in [1.165, 1.54) is 0 Å². The van der Waals surface area contributed by atoms with Crippen LogP contribution in [-0.2, 0) is 0 Å². The first-order chi connectivity index (χ1) is 9.60. The van der Waals surface area contributed by atoms with E-state index in [0.717, 1.165) is 16.8 Å². The van der Waals surface area contributed by atoms with Gasteiger partial charge < -0.3 is 10.6 Å². The number of hydrogen-bond donors (Lipinski definition) is 2. The highest BCUT2D eigenvalue weighted by Crippen LogP contribution is 2.18. The first-order valence-corrected chi connectivity index (χ1v) is 6.24. The zero-order chi connectivity index (χ0) is 14.5. The van der Waals surface area contributed by atoms with Crippen molar-refractivity contribution in [2.75, 3.05) is 10.6 Å². The van der Waals surface area contributed by atoms with Gasteiger partial charge in [-0.25, -0.2) is 4.79 Å². The highest BCUT2D eigenvalue weighted by Gasteiger charge is 2.06. The standard InChI is InChI=1S/C16H15N3O/c1-11-5-3-8-15(12(11)2)19-16(20)18-14-7-4-6-13(9-14)10-17/h3-9H,1-2H3,(H2,18,19,20). The van der Waals surface area contributed by atoms with Crippen molar-refractivity contribution >= 4 is 17.4 Å². The third-order valence-corrected chi connectivity index (χ3v) is 3.10. The van der Waals surface area contributed by atoms with E-state index in [2.05, 4.69) is 10.6 Å². The Morgan fingerprint density at radius 1 is 1.10 bits per heavy atom. The first kappa shape index (κ1) is 13.6. The van der Waals surface area contributed by atoms with Gasteiger partial charge in [0.05, 0.1) is 11.6 Å². The van der Waals surface area contributed by atoms with Crippen LogP contribution in [0.4, 0.5) is 16.2 Å². The van der Waals surface area contributed by atoms with E-state index in [0.29, 0.717) is 11.3 Å². The lowest BCUT2D eigenvalue weighted by Crippen LogP contribution is -2.20. The minimum atomic E-state index is -0.325. The number of amides is 2. The number of nitriles is 1. The number of aryl methyl sites for hydroxylation is 1. The highest BCUT2D eigenvalue weighted by molar-refractivity contribution is 6.00. The molecule has 2 rings (SSSR count). The molecule has 0 atom stereocenters. The Balaban J connectivity index is 2.09. The Morgan fingerprint density at radius 2 is 1.85 bits per heavy atom. The van der Waals surface area contributed by atoms with Crippen LogP contribution in [0.5, 0.6) is 0 Å². The van der Waals surface area contributed by atoms with E-state index in [4.69, 9.17) is 5.26 Å². The molecule has 0 bridgehead atoms. The molecule has 0 aliphatic heterocycles. The van der Waals surface area contributed by atoms with Gasteiger partial charge in [0.25, 0.3) is 0 Å². The predicted octanol–water partition coefficient (Wildman–Crippen LogP) is 3.82. The summed E-state index contributed by atoms with van der Waals surface area (Å²) in [6.45, 7) is 3.95. The molecule has 0 aliphatic rings. The number of nitrogens with one attached hydrogen (secondary N) is 2.